The number of halogens is 1. The van der Waals surface area contributed by atoms with E-state index in [9.17, 15) is 17.6 Å². The van der Waals surface area contributed by atoms with Crippen LogP contribution in [0.5, 0.6) is 0 Å². The van der Waals surface area contributed by atoms with Gasteiger partial charge in [0.1, 0.15) is 10.7 Å². The predicted molar refractivity (Wildman–Crippen MR) is 102 cm³/mol. The van der Waals surface area contributed by atoms with Crippen LogP contribution >= 0.6 is 22.7 Å². The zero-order chi connectivity index (χ0) is 19.0. The highest BCUT2D eigenvalue weighted by Gasteiger charge is 2.32. The normalized spacial score (nSPS) is 14.7. The number of nitrogens with one attached hydrogen (secondary N) is 1. The van der Waals surface area contributed by atoms with Crippen LogP contribution in [0.1, 0.15) is 20.2 Å². The Bertz CT molecular complexity index is 1090. The van der Waals surface area contributed by atoms with Crippen molar-refractivity contribution in [3.05, 3.63) is 63.0 Å². The Morgan fingerprint density at radius 2 is 2.04 bits per heavy atom. The number of rotatable bonds is 4. The summed E-state index contributed by atoms with van der Waals surface area (Å²) in [4.78, 5) is 17.6. The molecule has 3 heterocycles. The summed E-state index contributed by atoms with van der Waals surface area (Å²) in [6.45, 7) is 0.324. The average molecular weight is 424 g/mol. The lowest BCUT2D eigenvalue weighted by Crippen LogP contribution is -2.35. The molecule has 1 aromatic carbocycles. The number of sulfonamides is 1. The van der Waals surface area contributed by atoms with Crippen LogP contribution in [0, 0.1) is 5.82 Å². The Balaban J connectivity index is 1.54. The maximum atomic E-state index is 14.0. The summed E-state index contributed by atoms with van der Waals surface area (Å²) in [6, 6.07) is 8.85. The highest BCUT2D eigenvalue weighted by atomic mass is 32.2. The van der Waals surface area contributed by atoms with Gasteiger partial charge in [-0.15, -0.1) is 22.7 Å². The number of carbonyl (C=O) groups excluding carboxylic acids is 1. The van der Waals surface area contributed by atoms with Gasteiger partial charge in [0.2, 0.25) is 10.0 Å². The smallest absolute Gasteiger partial charge is 0.267 e. The Labute approximate surface area is 163 Å². The molecule has 140 valence electrons. The van der Waals surface area contributed by atoms with Gasteiger partial charge in [-0.05, 0) is 23.6 Å². The molecule has 0 saturated carbocycles. The maximum absolute atomic E-state index is 14.0. The summed E-state index contributed by atoms with van der Waals surface area (Å²) in [7, 11) is -3.93. The van der Waals surface area contributed by atoms with Crippen LogP contribution in [-0.2, 0) is 23.0 Å². The van der Waals surface area contributed by atoms with E-state index in [0.29, 0.717) is 16.4 Å². The molecule has 6 nitrogen and oxygen atoms in total. The van der Waals surface area contributed by atoms with Gasteiger partial charge >= 0.3 is 0 Å². The van der Waals surface area contributed by atoms with E-state index in [1.54, 1.807) is 12.1 Å². The van der Waals surface area contributed by atoms with Gasteiger partial charge in [-0.1, -0.05) is 18.2 Å². The quantitative estimate of drug-likeness (QED) is 0.698. The second kappa shape index (κ2) is 7.12. The van der Waals surface area contributed by atoms with Gasteiger partial charge in [0, 0.05) is 17.8 Å². The lowest BCUT2D eigenvalue weighted by Gasteiger charge is -2.25. The third kappa shape index (κ3) is 3.53. The summed E-state index contributed by atoms with van der Waals surface area (Å²) >= 11 is 2.57. The number of fused-ring (bicyclic) bond motifs is 1. The van der Waals surface area contributed by atoms with Crippen LogP contribution in [0.25, 0.3) is 0 Å². The Kier molecular flexibility index (Phi) is 4.81. The molecule has 0 atom stereocenters. The number of thiazole rings is 1. The van der Waals surface area contributed by atoms with Crippen molar-refractivity contribution in [1.29, 1.82) is 0 Å². The van der Waals surface area contributed by atoms with E-state index in [1.165, 1.54) is 45.2 Å². The molecule has 0 aliphatic carbocycles. The molecule has 1 aliphatic rings. The number of nitrogens with zero attached hydrogens (tertiary/aromatic N) is 2. The van der Waals surface area contributed by atoms with Crippen LogP contribution in [0.4, 0.5) is 9.52 Å². The highest BCUT2D eigenvalue weighted by Crippen LogP contribution is 2.32. The van der Waals surface area contributed by atoms with Gasteiger partial charge in [-0.25, -0.2) is 17.8 Å². The topological polar surface area (TPSA) is 79.4 Å². The van der Waals surface area contributed by atoms with Crippen LogP contribution < -0.4 is 5.32 Å². The molecule has 0 bridgehead atoms. The average Bonchev–Trinajstić information content (AvgIpc) is 3.30. The number of benzene rings is 1. The molecule has 0 saturated heterocycles. The predicted octanol–water partition coefficient (Wildman–Crippen LogP) is 3.34. The first-order valence-corrected chi connectivity index (χ1v) is 11.2. The monoisotopic (exact) mass is 423 g/mol. The highest BCUT2D eigenvalue weighted by molar-refractivity contribution is 7.89. The zero-order valence-electron chi connectivity index (χ0n) is 13.9. The molecule has 0 radical (unpaired) electrons. The van der Waals surface area contributed by atoms with Crippen LogP contribution in [0.2, 0.25) is 0 Å². The van der Waals surface area contributed by atoms with Gasteiger partial charge < -0.3 is 0 Å². The Morgan fingerprint density at radius 3 is 2.78 bits per heavy atom. The number of thiophene rings is 1. The first-order chi connectivity index (χ1) is 12.9. The summed E-state index contributed by atoms with van der Waals surface area (Å²) < 4.78 is 40.7. The largest absolute Gasteiger partial charge is 0.297 e. The molecule has 3 aromatic rings. The molecule has 1 N–H and O–H groups in total. The summed E-state index contributed by atoms with van der Waals surface area (Å²) in [5.41, 5.74) is 0.765. The second-order valence-corrected chi connectivity index (χ2v) is 9.78. The molecular formula is C17H14FN3O3S3. The van der Waals surface area contributed by atoms with E-state index in [2.05, 4.69) is 10.3 Å². The molecule has 0 spiro atoms. The van der Waals surface area contributed by atoms with Crippen LogP contribution in [-0.4, -0.2) is 30.2 Å². The minimum Gasteiger partial charge on any atom is -0.297 e. The number of anilines is 1. The van der Waals surface area contributed by atoms with Gasteiger partial charge in [0.25, 0.3) is 5.91 Å². The van der Waals surface area contributed by atoms with E-state index >= 15 is 0 Å². The van der Waals surface area contributed by atoms with Crippen molar-refractivity contribution in [2.24, 2.45) is 0 Å². The standard InChI is InChI=1S/C17H14FN3O3S3/c18-11-4-1-2-6-15(11)27(23,24)21-8-7-12-14(10-21)26-17(19-12)20-16(22)13-5-3-9-25-13/h1-6,9H,7-8,10H2,(H,19,20,22). The van der Waals surface area contributed by atoms with Gasteiger partial charge in [0.05, 0.1) is 17.1 Å². The number of hydrogen-bond donors (Lipinski definition) is 1. The third-order valence-electron chi connectivity index (χ3n) is 4.12. The van der Waals surface area contributed by atoms with E-state index in [-0.39, 0.29) is 23.9 Å². The van der Waals surface area contributed by atoms with Crippen molar-refractivity contribution in [2.45, 2.75) is 17.9 Å². The SMILES string of the molecule is O=C(Nc1nc2c(s1)CN(S(=O)(=O)c1ccccc1F)CC2)c1cccs1. The number of hydrogen-bond acceptors (Lipinski definition) is 6. The lowest BCUT2D eigenvalue weighted by atomic mass is 10.2. The van der Waals surface area contributed by atoms with E-state index in [1.807, 2.05) is 5.38 Å². The molecule has 10 heteroatoms. The minimum absolute atomic E-state index is 0.110. The first-order valence-electron chi connectivity index (χ1n) is 8.03. The summed E-state index contributed by atoms with van der Waals surface area (Å²) in [5, 5.41) is 4.99. The van der Waals surface area contributed by atoms with Crippen molar-refractivity contribution in [1.82, 2.24) is 9.29 Å². The first kappa shape index (κ1) is 18.2. The van der Waals surface area contributed by atoms with Crippen molar-refractivity contribution in [2.75, 3.05) is 11.9 Å². The van der Waals surface area contributed by atoms with Crippen LogP contribution in [0.3, 0.4) is 0 Å². The van der Waals surface area contributed by atoms with Crippen LogP contribution in [0.15, 0.2) is 46.7 Å². The van der Waals surface area contributed by atoms with Crippen molar-refractivity contribution in [3.8, 4) is 0 Å². The molecular weight excluding hydrogens is 409 g/mol. The molecule has 0 fully saturated rings. The molecule has 4 rings (SSSR count). The molecule has 0 unspecified atom stereocenters. The molecule has 1 amide bonds. The van der Waals surface area contributed by atoms with E-state index in [4.69, 9.17) is 0 Å². The fourth-order valence-electron chi connectivity index (χ4n) is 2.79. The van der Waals surface area contributed by atoms with Crippen molar-refractivity contribution < 1.29 is 17.6 Å². The number of carbonyl (C=O) groups is 1. The minimum atomic E-state index is -3.93. The summed E-state index contributed by atoms with van der Waals surface area (Å²) in [6.07, 6.45) is 0.411. The number of aromatic nitrogens is 1. The fourth-order valence-corrected chi connectivity index (χ4v) is 5.98. The Morgan fingerprint density at radius 1 is 1.22 bits per heavy atom. The zero-order valence-corrected chi connectivity index (χ0v) is 16.3. The van der Waals surface area contributed by atoms with Crippen molar-refractivity contribution >= 4 is 43.7 Å². The van der Waals surface area contributed by atoms with Gasteiger partial charge in [-0.3, -0.25) is 10.1 Å². The summed E-state index contributed by atoms with van der Waals surface area (Å²) in [5.74, 6) is -1.01. The molecule has 27 heavy (non-hydrogen) atoms. The third-order valence-corrected chi connectivity index (χ3v) is 7.86. The molecule has 1 aliphatic heterocycles. The second-order valence-electron chi connectivity index (χ2n) is 5.84. The molecule has 2 aromatic heterocycles. The van der Waals surface area contributed by atoms with Crippen molar-refractivity contribution in [3.63, 3.8) is 0 Å². The number of amides is 1. The maximum Gasteiger partial charge on any atom is 0.267 e. The lowest BCUT2D eigenvalue weighted by molar-refractivity contribution is 0.103. The fraction of sp³-hybridized carbons (Fsp3) is 0.176. The van der Waals surface area contributed by atoms with E-state index in [0.717, 1.165) is 16.6 Å². The van der Waals surface area contributed by atoms with E-state index < -0.39 is 15.8 Å². The van der Waals surface area contributed by atoms with Gasteiger partial charge in [-0.2, -0.15) is 4.31 Å². The van der Waals surface area contributed by atoms with Gasteiger partial charge in [0.15, 0.2) is 5.13 Å². The Hall–Kier alpha value is -2.14.